The molecular weight excluding hydrogens is 384 g/mol. The van der Waals surface area contributed by atoms with Gasteiger partial charge in [0.2, 0.25) is 0 Å². The van der Waals surface area contributed by atoms with E-state index in [1.54, 1.807) is 31.4 Å². The van der Waals surface area contributed by atoms with Gasteiger partial charge in [0.25, 0.3) is 0 Å². The van der Waals surface area contributed by atoms with Crippen LogP contribution < -0.4 is 10.5 Å². The monoisotopic (exact) mass is 393 g/mol. The third-order valence-corrected chi connectivity index (χ3v) is 4.53. The van der Waals surface area contributed by atoms with Gasteiger partial charge in [-0.25, -0.2) is 0 Å². The lowest BCUT2D eigenvalue weighted by Gasteiger charge is -2.19. The minimum absolute atomic E-state index is 0.430. The Morgan fingerprint density at radius 3 is 2.50 bits per heavy atom. The van der Waals surface area contributed by atoms with E-state index in [-0.39, 0.29) is 0 Å². The molecule has 2 aromatic carbocycles. The number of halogens is 4. The molecule has 2 nitrogen and oxygen atoms in total. The molecule has 2 aromatic rings. The zero-order valence-electron chi connectivity index (χ0n) is 10.5. The molecule has 2 rings (SSSR count). The number of benzene rings is 2. The molecule has 0 saturated carbocycles. The Balaban J connectivity index is 2.58. The maximum absolute atomic E-state index is 6.30. The standard InChI is InChI=1S/C14H11BrCl3NO/c1-20-14-9(5-7(16)6-10(14)15)13(19)8-3-2-4-11(17)12(8)18/h2-6,13H,19H2,1H3. The molecule has 0 saturated heterocycles. The highest BCUT2D eigenvalue weighted by molar-refractivity contribution is 9.10. The minimum Gasteiger partial charge on any atom is -0.495 e. The van der Waals surface area contributed by atoms with Gasteiger partial charge >= 0.3 is 0 Å². The van der Waals surface area contributed by atoms with Crippen molar-refractivity contribution in [3.8, 4) is 5.75 Å². The molecule has 0 aliphatic heterocycles. The van der Waals surface area contributed by atoms with Gasteiger partial charge in [0.1, 0.15) is 5.75 Å². The Kier molecular flexibility index (Phi) is 5.21. The van der Waals surface area contributed by atoms with Crippen LogP contribution in [-0.4, -0.2) is 7.11 Å². The summed E-state index contributed by atoms with van der Waals surface area (Å²) in [5.41, 5.74) is 7.74. The largest absolute Gasteiger partial charge is 0.495 e. The summed E-state index contributed by atoms with van der Waals surface area (Å²) in [5, 5.41) is 1.45. The molecule has 0 amide bonds. The molecule has 2 N–H and O–H groups in total. The summed E-state index contributed by atoms with van der Waals surface area (Å²) < 4.78 is 6.11. The molecule has 0 aliphatic carbocycles. The SMILES string of the molecule is COc1c(Br)cc(Cl)cc1C(N)c1cccc(Cl)c1Cl. The van der Waals surface area contributed by atoms with Gasteiger partial charge in [-0.3, -0.25) is 0 Å². The summed E-state index contributed by atoms with van der Waals surface area (Å²) in [6.07, 6.45) is 0. The molecule has 20 heavy (non-hydrogen) atoms. The fourth-order valence-corrected chi connectivity index (χ4v) is 3.38. The number of rotatable bonds is 3. The van der Waals surface area contributed by atoms with Crippen molar-refractivity contribution in [2.24, 2.45) is 5.73 Å². The van der Waals surface area contributed by atoms with Crippen molar-refractivity contribution in [1.29, 1.82) is 0 Å². The zero-order valence-corrected chi connectivity index (χ0v) is 14.3. The quantitative estimate of drug-likeness (QED) is 0.748. The Morgan fingerprint density at radius 1 is 1.15 bits per heavy atom. The van der Waals surface area contributed by atoms with Crippen molar-refractivity contribution < 1.29 is 4.74 Å². The van der Waals surface area contributed by atoms with Crippen molar-refractivity contribution in [2.75, 3.05) is 7.11 Å². The van der Waals surface area contributed by atoms with Gasteiger partial charge in [-0.15, -0.1) is 0 Å². The number of methoxy groups -OCH3 is 1. The van der Waals surface area contributed by atoms with E-state index in [9.17, 15) is 0 Å². The van der Waals surface area contributed by atoms with Crippen LogP contribution in [0.15, 0.2) is 34.8 Å². The first kappa shape index (κ1) is 15.9. The van der Waals surface area contributed by atoms with E-state index in [1.807, 2.05) is 6.07 Å². The van der Waals surface area contributed by atoms with Crippen molar-refractivity contribution in [1.82, 2.24) is 0 Å². The third-order valence-electron chi connectivity index (χ3n) is 2.89. The number of hydrogen-bond acceptors (Lipinski definition) is 2. The summed E-state index contributed by atoms with van der Waals surface area (Å²) in [5.74, 6) is 0.623. The molecule has 6 heteroatoms. The normalized spacial score (nSPS) is 12.3. The van der Waals surface area contributed by atoms with Crippen LogP contribution in [0.4, 0.5) is 0 Å². The van der Waals surface area contributed by atoms with Crippen LogP contribution in [0.2, 0.25) is 15.1 Å². The summed E-state index contributed by atoms with van der Waals surface area (Å²) in [7, 11) is 1.57. The van der Waals surface area contributed by atoms with E-state index in [2.05, 4.69) is 15.9 Å². The summed E-state index contributed by atoms with van der Waals surface area (Å²) >= 11 is 21.7. The van der Waals surface area contributed by atoms with Gasteiger partial charge in [-0.2, -0.15) is 0 Å². The predicted molar refractivity (Wildman–Crippen MR) is 88.2 cm³/mol. The maximum Gasteiger partial charge on any atom is 0.138 e. The van der Waals surface area contributed by atoms with Crippen molar-refractivity contribution in [2.45, 2.75) is 6.04 Å². The highest BCUT2D eigenvalue weighted by atomic mass is 79.9. The summed E-state index contributed by atoms with van der Waals surface area (Å²) in [4.78, 5) is 0. The molecule has 0 bridgehead atoms. The topological polar surface area (TPSA) is 35.2 Å². The summed E-state index contributed by atoms with van der Waals surface area (Å²) in [6.45, 7) is 0. The Bertz CT molecular complexity index is 649. The van der Waals surface area contributed by atoms with E-state index in [1.165, 1.54) is 0 Å². The first-order chi connectivity index (χ1) is 9.45. The molecule has 0 spiro atoms. The Labute approximate surface area is 140 Å². The van der Waals surface area contributed by atoms with Gasteiger partial charge in [-0.05, 0) is 39.7 Å². The smallest absolute Gasteiger partial charge is 0.138 e. The van der Waals surface area contributed by atoms with Crippen molar-refractivity contribution in [3.05, 3.63) is 61.0 Å². The second-order valence-electron chi connectivity index (χ2n) is 4.13. The van der Waals surface area contributed by atoms with E-state index >= 15 is 0 Å². The van der Waals surface area contributed by atoms with Gasteiger partial charge in [0, 0.05) is 10.6 Å². The second-order valence-corrected chi connectivity index (χ2v) is 6.21. The van der Waals surface area contributed by atoms with Crippen LogP contribution in [0.3, 0.4) is 0 Å². The Hall–Kier alpha value is -0.450. The maximum atomic E-state index is 6.30. The van der Waals surface area contributed by atoms with E-state index in [0.29, 0.717) is 26.4 Å². The molecule has 0 radical (unpaired) electrons. The van der Waals surface area contributed by atoms with Crippen LogP contribution >= 0.6 is 50.7 Å². The first-order valence-corrected chi connectivity index (χ1v) is 7.60. The van der Waals surface area contributed by atoms with Crippen molar-refractivity contribution >= 4 is 50.7 Å². The summed E-state index contributed by atoms with van der Waals surface area (Å²) in [6, 6.07) is 8.35. The van der Waals surface area contributed by atoms with Gasteiger partial charge < -0.3 is 10.5 Å². The molecule has 1 unspecified atom stereocenters. The Morgan fingerprint density at radius 2 is 1.85 bits per heavy atom. The molecule has 1 atom stereocenters. The van der Waals surface area contributed by atoms with E-state index < -0.39 is 6.04 Å². The fourth-order valence-electron chi connectivity index (χ4n) is 1.95. The molecule has 0 aliphatic rings. The number of nitrogens with two attached hydrogens (primary N) is 1. The zero-order chi connectivity index (χ0) is 14.9. The van der Waals surface area contributed by atoms with Gasteiger partial charge in [0.15, 0.2) is 0 Å². The fraction of sp³-hybridized carbons (Fsp3) is 0.143. The lowest BCUT2D eigenvalue weighted by Crippen LogP contribution is -2.14. The van der Waals surface area contributed by atoms with Crippen molar-refractivity contribution in [3.63, 3.8) is 0 Å². The average Bonchev–Trinajstić information content (AvgIpc) is 2.40. The van der Waals surface area contributed by atoms with Crippen LogP contribution in [0.1, 0.15) is 17.2 Å². The highest BCUT2D eigenvalue weighted by Gasteiger charge is 2.20. The van der Waals surface area contributed by atoms with Gasteiger partial charge in [-0.1, -0.05) is 46.9 Å². The first-order valence-electron chi connectivity index (χ1n) is 5.68. The molecule has 106 valence electrons. The molecule has 0 fully saturated rings. The number of hydrogen-bond donors (Lipinski definition) is 1. The highest BCUT2D eigenvalue weighted by Crippen LogP contribution is 2.40. The number of ether oxygens (including phenoxy) is 1. The minimum atomic E-state index is -0.494. The van der Waals surface area contributed by atoms with Crippen LogP contribution in [0.5, 0.6) is 5.75 Å². The van der Waals surface area contributed by atoms with Gasteiger partial charge in [0.05, 0.1) is 27.7 Å². The van der Waals surface area contributed by atoms with E-state index in [0.717, 1.165) is 10.0 Å². The lowest BCUT2D eigenvalue weighted by atomic mass is 9.98. The van der Waals surface area contributed by atoms with Crippen LogP contribution in [0, 0.1) is 0 Å². The molecular formula is C14H11BrCl3NO. The second kappa shape index (κ2) is 6.54. The third kappa shape index (κ3) is 3.07. The van der Waals surface area contributed by atoms with Crippen LogP contribution in [-0.2, 0) is 0 Å². The average molecular weight is 396 g/mol. The molecule has 0 heterocycles. The lowest BCUT2D eigenvalue weighted by molar-refractivity contribution is 0.405. The van der Waals surface area contributed by atoms with E-state index in [4.69, 9.17) is 45.3 Å². The van der Waals surface area contributed by atoms with Crippen LogP contribution in [0.25, 0.3) is 0 Å². The predicted octanol–water partition coefficient (Wildman–Crippen LogP) is 5.47. The molecule has 0 aromatic heterocycles.